The number of carbonyl (C=O) groups excluding carboxylic acids is 1. The Labute approximate surface area is 137 Å². The summed E-state index contributed by atoms with van der Waals surface area (Å²) in [5.41, 5.74) is 7.68. The summed E-state index contributed by atoms with van der Waals surface area (Å²) in [6, 6.07) is 7.48. The van der Waals surface area contributed by atoms with E-state index in [1.807, 2.05) is 31.3 Å². The number of aromatic nitrogens is 1. The Hall–Kier alpha value is -1.56. The van der Waals surface area contributed by atoms with Crippen molar-refractivity contribution < 1.29 is 9.53 Å². The lowest BCUT2D eigenvalue weighted by Gasteiger charge is -2.12. The van der Waals surface area contributed by atoms with Crippen molar-refractivity contribution in [3.63, 3.8) is 0 Å². The van der Waals surface area contributed by atoms with Gasteiger partial charge in [-0.15, -0.1) is 12.4 Å². The van der Waals surface area contributed by atoms with Crippen LogP contribution in [0, 0.1) is 0 Å². The van der Waals surface area contributed by atoms with Crippen molar-refractivity contribution in [1.29, 1.82) is 0 Å². The molecule has 0 aliphatic carbocycles. The van der Waals surface area contributed by atoms with Gasteiger partial charge in [0.2, 0.25) is 5.91 Å². The predicted octanol–water partition coefficient (Wildman–Crippen LogP) is 2.78. The maximum Gasteiger partial charge on any atom is 0.241 e. The third kappa shape index (κ3) is 4.47. The molecule has 1 heterocycles. The highest BCUT2D eigenvalue weighted by atomic mass is 35.5. The molecule has 0 radical (unpaired) electrons. The van der Waals surface area contributed by atoms with E-state index in [-0.39, 0.29) is 18.3 Å². The maximum atomic E-state index is 12.0. The van der Waals surface area contributed by atoms with E-state index in [1.54, 1.807) is 7.11 Å². The quantitative estimate of drug-likeness (QED) is 0.822. The van der Waals surface area contributed by atoms with Crippen LogP contribution >= 0.6 is 12.4 Å². The van der Waals surface area contributed by atoms with E-state index in [1.165, 1.54) is 0 Å². The molecule has 0 fully saturated rings. The number of carbonyl (C=O) groups is 1. The van der Waals surface area contributed by atoms with Gasteiger partial charge in [-0.3, -0.25) is 4.79 Å². The zero-order valence-electron chi connectivity index (χ0n) is 13.0. The molecule has 2 rings (SSSR count). The Bertz CT molecular complexity index is 612. The topological polar surface area (TPSA) is 69.3 Å². The summed E-state index contributed by atoms with van der Waals surface area (Å²) in [7, 11) is 1.69. The summed E-state index contributed by atoms with van der Waals surface area (Å²) in [4.78, 5) is 12.0. The van der Waals surface area contributed by atoms with Gasteiger partial charge in [0.05, 0.1) is 18.2 Å². The first-order valence-electron chi connectivity index (χ1n) is 7.30. The van der Waals surface area contributed by atoms with Gasteiger partial charge in [-0.1, -0.05) is 19.4 Å². The van der Waals surface area contributed by atoms with Gasteiger partial charge in [-0.25, -0.2) is 0 Å². The summed E-state index contributed by atoms with van der Waals surface area (Å²) >= 11 is 0. The van der Waals surface area contributed by atoms with Gasteiger partial charge in [0, 0.05) is 25.5 Å². The third-order valence-electron chi connectivity index (χ3n) is 3.51. The number of amides is 1. The number of ether oxygens (including phenoxy) is 1. The predicted molar refractivity (Wildman–Crippen MR) is 92.6 cm³/mol. The number of hydrogen-bond donors (Lipinski definition) is 2. The number of nitrogens with zero attached hydrogens (tertiary/aromatic N) is 1. The summed E-state index contributed by atoms with van der Waals surface area (Å²) in [6.07, 6.45) is 3.61. The van der Waals surface area contributed by atoms with Gasteiger partial charge >= 0.3 is 0 Å². The average Bonchev–Trinajstić information content (AvgIpc) is 2.87. The second kappa shape index (κ2) is 8.78. The minimum Gasteiger partial charge on any atom is -0.383 e. The van der Waals surface area contributed by atoms with Gasteiger partial charge in [0.15, 0.2) is 0 Å². The molecule has 1 aromatic heterocycles. The van der Waals surface area contributed by atoms with Crippen molar-refractivity contribution in [2.45, 2.75) is 32.4 Å². The number of halogens is 1. The first-order valence-corrected chi connectivity index (χ1v) is 7.30. The largest absolute Gasteiger partial charge is 0.383 e. The highest BCUT2D eigenvalue weighted by Gasteiger charge is 2.12. The molecule has 0 aliphatic heterocycles. The molecule has 0 spiro atoms. The molecule has 1 unspecified atom stereocenters. The molecule has 3 N–H and O–H groups in total. The number of rotatable bonds is 7. The lowest BCUT2D eigenvalue weighted by atomic mass is 10.1. The summed E-state index contributed by atoms with van der Waals surface area (Å²) in [5, 5.41) is 4.02. The number of hydrogen-bond acceptors (Lipinski definition) is 3. The number of methoxy groups -OCH3 is 1. The number of anilines is 1. The minimum absolute atomic E-state index is 0. The van der Waals surface area contributed by atoms with Gasteiger partial charge in [-0.2, -0.15) is 0 Å². The molecule has 5 nitrogen and oxygen atoms in total. The lowest BCUT2D eigenvalue weighted by molar-refractivity contribution is -0.117. The van der Waals surface area contributed by atoms with E-state index in [4.69, 9.17) is 10.5 Å². The highest BCUT2D eigenvalue weighted by Crippen LogP contribution is 2.20. The molecular formula is C16H24ClN3O2. The molecule has 2 aromatic rings. The summed E-state index contributed by atoms with van der Waals surface area (Å²) in [6.45, 7) is 3.45. The van der Waals surface area contributed by atoms with Crippen molar-refractivity contribution >= 4 is 34.9 Å². The van der Waals surface area contributed by atoms with Gasteiger partial charge in [0.25, 0.3) is 0 Å². The molecule has 0 saturated carbocycles. The van der Waals surface area contributed by atoms with Crippen molar-refractivity contribution in [1.82, 2.24) is 4.57 Å². The lowest BCUT2D eigenvalue weighted by Crippen LogP contribution is -2.35. The first-order chi connectivity index (χ1) is 10.2. The van der Waals surface area contributed by atoms with E-state index in [0.29, 0.717) is 13.0 Å². The second-order valence-corrected chi connectivity index (χ2v) is 5.16. The Morgan fingerprint density at radius 3 is 2.86 bits per heavy atom. The van der Waals surface area contributed by atoms with E-state index in [0.717, 1.165) is 29.6 Å². The van der Waals surface area contributed by atoms with Gasteiger partial charge in [0.1, 0.15) is 0 Å². The van der Waals surface area contributed by atoms with Gasteiger partial charge < -0.3 is 20.4 Å². The second-order valence-electron chi connectivity index (χ2n) is 5.16. The standard InChI is InChI=1S/C16H23N3O2.ClH/c1-3-4-14(17)16(20)18-13-6-5-12-7-8-19(9-10-21-2)15(12)11-13;/h5-8,11,14H,3-4,9-10,17H2,1-2H3,(H,18,20);1H. The summed E-state index contributed by atoms with van der Waals surface area (Å²) in [5.74, 6) is -0.133. The van der Waals surface area contributed by atoms with Crippen LogP contribution in [0.25, 0.3) is 10.9 Å². The molecule has 1 amide bonds. The highest BCUT2D eigenvalue weighted by molar-refractivity contribution is 5.96. The Balaban J connectivity index is 0.00000242. The molecule has 0 saturated heterocycles. The Kier molecular flexibility index (Phi) is 7.38. The van der Waals surface area contributed by atoms with E-state index < -0.39 is 6.04 Å². The molecular weight excluding hydrogens is 302 g/mol. The van der Waals surface area contributed by atoms with Crippen LogP contribution < -0.4 is 11.1 Å². The zero-order chi connectivity index (χ0) is 15.2. The monoisotopic (exact) mass is 325 g/mol. The fourth-order valence-corrected chi connectivity index (χ4v) is 2.32. The van der Waals surface area contributed by atoms with Crippen molar-refractivity contribution in [2.24, 2.45) is 5.73 Å². The number of benzene rings is 1. The van der Waals surface area contributed by atoms with Crippen LogP contribution in [0.4, 0.5) is 5.69 Å². The number of nitrogens with two attached hydrogens (primary N) is 1. The fraction of sp³-hybridized carbons (Fsp3) is 0.438. The van der Waals surface area contributed by atoms with Crippen LogP contribution in [0.1, 0.15) is 19.8 Å². The fourth-order valence-electron chi connectivity index (χ4n) is 2.32. The zero-order valence-corrected chi connectivity index (χ0v) is 13.9. The first kappa shape index (κ1) is 18.5. The molecule has 0 aliphatic rings. The Morgan fingerprint density at radius 2 is 2.18 bits per heavy atom. The average molecular weight is 326 g/mol. The SMILES string of the molecule is CCCC(N)C(=O)Nc1ccc2ccn(CCOC)c2c1.Cl. The molecule has 122 valence electrons. The van der Waals surface area contributed by atoms with Crippen LogP contribution in [0.15, 0.2) is 30.5 Å². The van der Waals surface area contributed by atoms with E-state index >= 15 is 0 Å². The van der Waals surface area contributed by atoms with Crippen molar-refractivity contribution in [3.05, 3.63) is 30.5 Å². The van der Waals surface area contributed by atoms with Crippen LogP contribution in [-0.4, -0.2) is 30.2 Å². The van der Waals surface area contributed by atoms with E-state index in [2.05, 4.69) is 16.0 Å². The summed E-state index contributed by atoms with van der Waals surface area (Å²) < 4.78 is 7.22. The van der Waals surface area contributed by atoms with Crippen LogP contribution in [0.2, 0.25) is 0 Å². The van der Waals surface area contributed by atoms with Crippen LogP contribution in [-0.2, 0) is 16.1 Å². The number of fused-ring (bicyclic) bond motifs is 1. The van der Waals surface area contributed by atoms with Gasteiger partial charge in [-0.05, 0) is 30.0 Å². The third-order valence-corrected chi connectivity index (χ3v) is 3.51. The molecule has 22 heavy (non-hydrogen) atoms. The smallest absolute Gasteiger partial charge is 0.241 e. The molecule has 1 atom stereocenters. The van der Waals surface area contributed by atoms with Crippen molar-refractivity contribution in [2.75, 3.05) is 19.0 Å². The van der Waals surface area contributed by atoms with Crippen LogP contribution in [0.3, 0.4) is 0 Å². The maximum absolute atomic E-state index is 12.0. The van der Waals surface area contributed by atoms with Crippen molar-refractivity contribution in [3.8, 4) is 0 Å². The number of nitrogens with one attached hydrogen (secondary N) is 1. The Morgan fingerprint density at radius 1 is 1.41 bits per heavy atom. The molecule has 0 bridgehead atoms. The van der Waals surface area contributed by atoms with Crippen LogP contribution in [0.5, 0.6) is 0 Å². The normalized spacial score (nSPS) is 12.0. The molecule has 1 aromatic carbocycles. The van der Waals surface area contributed by atoms with E-state index in [9.17, 15) is 4.79 Å². The molecule has 6 heteroatoms. The minimum atomic E-state index is -0.453.